The summed E-state index contributed by atoms with van der Waals surface area (Å²) in [5, 5.41) is 3.35. The molecule has 2 aromatic rings. The van der Waals surface area contributed by atoms with Crippen molar-refractivity contribution in [1.82, 2.24) is 5.32 Å². The second kappa shape index (κ2) is 7.15. The molecular formula is C14H13BrF3NO3. The van der Waals surface area contributed by atoms with Crippen molar-refractivity contribution in [2.45, 2.75) is 12.6 Å². The summed E-state index contributed by atoms with van der Waals surface area (Å²) < 4.78 is 46.2. The molecule has 4 nitrogen and oxygen atoms in total. The van der Waals surface area contributed by atoms with Gasteiger partial charge < -0.3 is 14.5 Å². The van der Waals surface area contributed by atoms with Crippen LogP contribution >= 0.6 is 15.9 Å². The fraction of sp³-hybridized carbons (Fsp3) is 0.357. The highest BCUT2D eigenvalue weighted by Crippen LogP contribution is 2.23. The van der Waals surface area contributed by atoms with E-state index in [2.05, 4.69) is 26.0 Å². The molecule has 1 N–H and O–H groups in total. The average molecular weight is 380 g/mol. The van der Waals surface area contributed by atoms with Gasteiger partial charge in [0, 0.05) is 23.0 Å². The molecule has 22 heavy (non-hydrogen) atoms. The fourth-order valence-electron chi connectivity index (χ4n) is 1.78. The Hall–Kier alpha value is -1.54. The van der Waals surface area contributed by atoms with Crippen LogP contribution in [-0.4, -0.2) is 31.8 Å². The molecule has 0 aliphatic rings. The Morgan fingerprint density at radius 1 is 1.32 bits per heavy atom. The maximum Gasteiger partial charge on any atom is 0.411 e. The first-order valence-electron chi connectivity index (χ1n) is 6.47. The largest absolute Gasteiger partial charge is 0.451 e. The lowest BCUT2D eigenvalue weighted by atomic mass is 10.2. The van der Waals surface area contributed by atoms with E-state index in [1.807, 2.05) is 6.07 Å². The van der Waals surface area contributed by atoms with Gasteiger partial charge in [0.2, 0.25) is 0 Å². The first-order valence-corrected chi connectivity index (χ1v) is 7.26. The lowest BCUT2D eigenvalue weighted by Crippen LogP contribution is -2.25. The van der Waals surface area contributed by atoms with Gasteiger partial charge in [0.1, 0.15) is 12.2 Å². The number of alkyl halides is 3. The predicted octanol–water partition coefficient (Wildman–Crippen LogP) is 3.89. The molecule has 1 aromatic heterocycles. The zero-order valence-corrected chi connectivity index (χ0v) is 13.0. The number of rotatable bonds is 6. The first-order chi connectivity index (χ1) is 10.3. The standard InChI is InChI=1S/C14H13BrF3NO3/c15-10-2-3-11-9(6-10)7-12(22-11)13(20)19-4-1-5-21-8-14(16,17)18/h2-3,6-7H,1,4-5,8H2,(H,19,20). The number of fused-ring (bicyclic) bond motifs is 1. The molecule has 0 radical (unpaired) electrons. The predicted molar refractivity (Wildman–Crippen MR) is 77.7 cm³/mol. The zero-order valence-electron chi connectivity index (χ0n) is 11.4. The topological polar surface area (TPSA) is 51.5 Å². The maximum absolute atomic E-state index is 11.9. The Bertz CT molecular complexity index is 654. The highest BCUT2D eigenvalue weighted by molar-refractivity contribution is 9.10. The van der Waals surface area contributed by atoms with Crippen LogP contribution in [0.4, 0.5) is 13.2 Å². The van der Waals surface area contributed by atoms with Gasteiger partial charge in [-0.3, -0.25) is 4.79 Å². The van der Waals surface area contributed by atoms with Gasteiger partial charge in [-0.2, -0.15) is 13.2 Å². The van der Waals surface area contributed by atoms with Gasteiger partial charge in [-0.05, 0) is 30.7 Å². The number of nitrogens with one attached hydrogen (secondary N) is 1. The van der Waals surface area contributed by atoms with E-state index in [0.717, 1.165) is 9.86 Å². The molecule has 1 amide bonds. The van der Waals surface area contributed by atoms with E-state index < -0.39 is 18.7 Å². The minimum Gasteiger partial charge on any atom is -0.451 e. The molecule has 1 aromatic carbocycles. The highest BCUT2D eigenvalue weighted by atomic mass is 79.9. The molecule has 0 unspecified atom stereocenters. The van der Waals surface area contributed by atoms with Crippen LogP contribution in [0.3, 0.4) is 0 Å². The van der Waals surface area contributed by atoms with Crippen molar-refractivity contribution in [2.24, 2.45) is 0 Å². The number of ether oxygens (including phenoxy) is 1. The van der Waals surface area contributed by atoms with Crippen LogP contribution in [0.15, 0.2) is 33.2 Å². The van der Waals surface area contributed by atoms with Crippen LogP contribution in [0.25, 0.3) is 11.0 Å². The van der Waals surface area contributed by atoms with Crippen molar-refractivity contribution >= 4 is 32.8 Å². The highest BCUT2D eigenvalue weighted by Gasteiger charge is 2.27. The Morgan fingerprint density at radius 2 is 2.09 bits per heavy atom. The molecular weight excluding hydrogens is 367 g/mol. The molecule has 0 atom stereocenters. The number of amides is 1. The summed E-state index contributed by atoms with van der Waals surface area (Å²) in [5.41, 5.74) is 0.585. The Labute approximate surface area is 132 Å². The summed E-state index contributed by atoms with van der Waals surface area (Å²) in [4.78, 5) is 11.9. The molecule has 0 saturated carbocycles. The van der Waals surface area contributed by atoms with Crippen molar-refractivity contribution < 1.29 is 27.1 Å². The minimum atomic E-state index is -4.33. The van der Waals surface area contributed by atoms with Gasteiger partial charge in [0.05, 0.1) is 0 Å². The summed E-state index contributed by atoms with van der Waals surface area (Å²) in [6, 6.07) is 6.96. The monoisotopic (exact) mass is 379 g/mol. The molecule has 0 aliphatic carbocycles. The molecule has 120 valence electrons. The van der Waals surface area contributed by atoms with E-state index in [4.69, 9.17) is 4.42 Å². The number of benzene rings is 1. The minimum absolute atomic E-state index is 0.0765. The van der Waals surface area contributed by atoms with Crippen LogP contribution < -0.4 is 5.32 Å². The number of hydrogen-bond acceptors (Lipinski definition) is 3. The number of carbonyl (C=O) groups is 1. The van der Waals surface area contributed by atoms with Gasteiger partial charge in [-0.1, -0.05) is 15.9 Å². The molecule has 8 heteroatoms. The second-order valence-electron chi connectivity index (χ2n) is 4.57. The lowest BCUT2D eigenvalue weighted by Gasteiger charge is -2.07. The van der Waals surface area contributed by atoms with Crippen molar-refractivity contribution in [3.05, 3.63) is 34.5 Å². The quantitative estimate of drug-likeness (QED) is 0.774. The zero-order chi connectivity index (χ0) is 16.2. The molecule has 0 bridgehead atoms. The number of carbonyl (C=O) groups excluding carboxylic acids is 1. The molecule has 0 spiro atoms. The SMILES string of the molecule is O=C(NCCCOCC(F)(F)F)c1cc2cc(Br)ccc2o1. The summed E-state index contributed by atoms with van der Waals surface area (Å²) in [7, 11) is 0. The van der Waals surface area contributed by atoms with E-state index in [1.54, 1.807) is 18.2 Å². The summed E-state index contributed by atoms with van der Waals surface area (Å²) in [6.07, 6.45) is -4.04. The van der Waals surface area contributed by atoms with Gasteiger partial charge in [0.15, 0.2) is 5.76 Å². The van der Waals surface area contributed by atoms with E-state index in [1.165, 1.54) is 0 Å². The third-order valence-electron chi connectivity index (χ3n) is 2.72. The summed E-state index contributed by atoms with van der Waals surface area (Å²) in [5.74, 6) is -0.257. The van der Waals surface area contributed by atoms with Crippen molar-refractivity contribution in [2.75, 3.05) is 19.8 Å². The van der Waals surface area contributed by atoms with Crippen molar-refractivity contribution in [1.29, 1.82) is 0 Å². The third kappa shape index (κ3) is 5.03. The number of halogens is 4. The van der Waals surface area contributed by atoms with Crippen LogP contribution in [0, 0.1) is 0 Å². The van der Waals surface area contributed by atoms with Crippen LogP contribution in [0.5, 0.6) is 0 Å². The summed E-state index contributed by atoms with van der Waals surface area (Å²) >= 11 is 3.32. The van der Waals surface area contributed by atoms with E-state index in [-0.39, 0.29) is 25.3 Å². The Morgan fingerprint density at radius 3 is 2.82 bits per heavy atom. The molecule has 0 aliphatic heterocycles. The van der Waals surface area contributed by atoms with E-state index >= 15 is 0 Å². The normalized spacial score (nSPS) is 11.8. The van der Waals surface area contributed by atoms with Crippen LogP contribution in [0.2, 0.25) is 0 Å². The molecule has 2 rings (SSSR count). The fourth-order valence-corrected chi connectivity index (χ4v) is 2.16. The average Bonchev–Trinajstić information content (AvgIpc) is 2.84. The van der Waals surface area contributed by atoms with Crippen molar-refractivity contribution in [3.8, 4) is 0 Å². The maximum atomic E-state index is 11.9. The van der Waals surface area contributed by atoms with Crippen molar-refractivity contribution in [3.63, 3.8) is 0 Å². The number of furan rings is 1. The molecule has 0 saturated heterocycles. The van der Waals surface area contributed by atoms with Gasteiger partial charge >= 0.3 is 6.18 Å². The number of hydrogen-bond donors (Lipinski definition) is 1. The van der Waals surface area contributed by atoms with Crippen LogP contribution in [-0.2, 0) is 4.74 Å². The van der Waals surface area contributed by atoms with Crippen LogP contribution in [0.1, 0.15) is 17.0 Å². The van der Waals surface area contributed by atoms with Gasteiger partial charge in [-0.25, -0.2) is 0 Å². The summed E-state index contributed by atoms with van der Waals surface area (Å²) in [6.45, 7) is -1.15. The Kier molecular flexibility index (Phi) is 5.47. The van der Waals surface area contributed by atoms with E-state index in [0.29, 0.717) is 5.58 Å². The molecule has 1 heterocycles. The van der Waals surface area contributed by atoms with E-state index in [9.17, 15) is 18.0 Å². The smallest absolute Gasteiger partial charge is 0.411 e. The molecule has 0 fully saturated rings. The first kappa shape index (κ1) is 16.8. The third-order valence-corrected chi connectivity index (χ3v) is 3.21. The van der Waals surface area contributed by atoms with Gasteiger partial charge in [-0.15, -0.1) is 0 Å². The lowest BCUT2D eigenvalue weighted by molar-refractivity contribution is -0.173. The second-order valence-corrected chi connectivity index (χ2v) is 5.49. The van der Waals surface area contributed by atoms with Gasteiger partial charge in [0.25, 0.3) is 5.91 Å². The Balaban J connectivity index is 1.77.